The molecule has 0 radical (unpaired) electrons. The maximum Gasteiger partial charge on any atom is 0.315 e. The summed E-state index contributed by atoms with van der Waals surface area (Å²) in [6, 6.07) is 19.1. The zero-order valence-corrected chi connectivity index (χ0v) is 27.2. The third kappa shape index (κ3) is 15.2. The van der Waals surface area contributed by atoms with Crippen molar-refractivity contribution in [1.82, 2.24) is 21.3 Å². The fourth-order valence-electron chi connectivity index (χ4n) is 5.26. The molecule has 0 bridgehead atoms. The number of unbranched alkanes of at least 4 members (excludes halogenated alkanes) is 1. The lowest BCUT2D eigenvalue weighted by atomic mass is 9.94. The van der Waals surface area contributed by atoms with Crippen LogP contribution in [0.25, 0.3) is 0 Å². The van der Waals surface area contributed by atoms with Crippen molar-refractivity contribution >= 4 is 23.6 Å². The van der Waals surface area contributed by atoms with Crippen molar-refractivity contribution in [3.8, 4) is 0 Å². The molecule has 0 heterocycles. The Kier molecular flexibility index (Phi) is 17.5. The summed E-state index contributed by atoms with van der Waals surface area (Å²) in [5, 5.41) is 11.9. The van der Waals surface area contributed by atoms with Crippen LogP contribution in [0.3, 0.4) is 0 Å². The van der Waals surface area contributed by atoms with Gasteiger partial charge in [0.1, 0.15) is 0 Å². The molecule has 0 spiro atoms. The number of hydrogen-bond acceptors (Lipinski definition) is 4. The number of benzene rings is 2. The van der Waals surface area contributed by atoms with Crippen molar-refractivity contribution in [2.75, 3.05) is 6.54 Å². The third-order valence-corrected chi connectivity index (χ3v) is 7.87. The van der Waals surface area contributed by atoms with Crippen LogP contribution in [0, 0.1) is 5.92 Å². The van der Waals surface area contributed by atoms with Gasteiger partial charge in [0.25, 0.3) is 0 Å². The lowest BCUT2D eigenvalue weighted by molar-refractivity contribution is -0.130. The molecule has 4 amide bonds. The highest BCUT2D eigenvalue weighted by atomic mass is 16.2. The van der Waals surface area contributed by atoms with Gasteiger partial charge in [0.2, 0.25) is 11.8 Å². The van der Waals surface area contributed by atoms with Crippen molar-refractivity contribution in [2.45, 2.75) is 116 Å². The molecule has 4 atom stereocenters. The summed E-state index contributed by atoms with van der Waals surface area (Å²) in [4.78, 5) is 51.0. The SMILES string of the molecule is CCCC(C)NC(=O)NC(C)CCCCNC(=O)CCCC(=O)C(Cc1ccccc1)NC(=O)C(CC)Cc1ccccc1. The number of carbonyl (C=O) groups excluding carboxylic acids is 4. The van der Waals surface area contributed by atoms with Crippen molar-refractivity contribution in [3.05, 3.63) is 71.8 Å². The highest BCUT2D eigenvalue weighted by Gasteiger charge is 2.25. The zero-order chi connectivity index (χ0) is 32.2. The number of rotatable bonds is 21. The molecule has 4 N–H and O–H groups in total. The molecular weight excluding hydrogens is 552 g/mol. The van der Waals surface area contributed by atoms with E-state index in [-0.39, 0.29) is 54.5 Å². The Morgan fingerprint density at radius 2 is 1.27 bits per heavy atom. The van der Waals surface area contributed by atoms with Gasteiger partial charge < -0.3 is 21.3 Å². The Morgan fingerprint density at radius 3 is 1.86 bits per heavy atom. The Labute approximate surface area is 264 Å². The first-order chi connectivity index (χ1) is 21.2. The first kappa shape index (κ1) is 36.5. The van der Waals surface area contributed by atoms with Gasteiger partial charge in [-0.1, -0.05) is 80.9 Å². The van der Waals surface area contributed by atoms with Gasteiger partial charge in [-0.05, 0) is 76.3 Å². The summed E-state index contributed by atoms with van der Waals surface area (Å²) in [5.41, 5.74) is 2.08. The van der Waals surface area contributed by atoms with Crippen LogP contribution < -0.4 is 21.3 Å². The average Bonchev–Trinajstić information content (AvgIpc) is 3.00. The summed E-state index contributed by atoms with van der Waals surface area (Å²) < 4.78 is 0. The van der Waals surface area contributed by atoms with Gasteiger partial charge in [0.15, 0.2) is 5.78 Å². The molecule has 0 aliphatic carbocycles. The molecule has 8 nitrogen and oxygen atoms in total. The minimum atomic E-state index is -0.634. The van der Waals surface area contributed by atoms with Crippen LogP contribution in [0.1, 0.15) is 96.6 Å². The summed E-state index contributed by atoms with van der Waals surface area (Å²) in [5.74, 6) is -0.468. The van der Waals surface area contributed by atoms with Gasteiger partial charge >= 0.3 is 6.03 Å². The number of hydrogen-bond donors (Lipinski definition) is 4. The largest absolute Gasteiger partial charge is 0.356 e. The van der Waals surface area contributed by atoms with E-state index in [0.29, 0.717) is 32.2 Å². The summed E-state index contributed by atoms with van der Waals surface area (Å²) in [6.45, 7) is 8.64. The fourth-order valence-corrected chi connectivity index (χ4v) is 5.26. The lowest BCUT2D eigenvalue weighted by Gasteiger charge is -2.22. The van der Waals surface area contributed by atoms with Crippen LogP contribution in [0.2, 0.25) is 0 Å². The summed E-state index contributed by atoms with van der Waals surface area (Å²) in [7, 11) is 0. The maximum atomic E-state index is 13.3. The van der Waals surface area contributed by atoms with Gasteiger partial charge in [-0.15, -0.1) is 0 Å². The van der Waals surface area contributed by atoms with Gasteiger partial charge in [-0.2, -0.15) is 0 Å². The molecule has 0 fully saturated rings. The van der Waals surface area contributed by atoms with E-state index in [2.05, 4.69) is 28.2 Å². The predicted molar refractivity (Wildman–Crippen MR) is 177 cm³/mol. The molecule has 0 saturated carbocycles. The van der Waals surface area contributed by atoms with E-state index < -0.39 is 6.04 Å². The molecule has 0 aromatic heterocycles. The number of carbonyl (C=O) groups is 4. The van der Waals surface area contributed by atoms with Crippen molar-refractivity contribution < 1.29 is 19.2 Å². The predicted octanol–water partition coefficient (Wildman–Crippen LogP) is 5.89. The molecule has 44 heavy (non-hydrogen) atoms. The van der Waals surface area contributed by atoms with Gasteiger partial charge in [0, 0.05) is 37.4 Å². The molecule has 0 aliphatic rings. The Hall–Kier alpha value is -3.68. The second-order valence-corrected chi connectivity index (χ2v) is 11.9. The Morgan fingerprint density at radius 1 is 0.682 bits per heavy atom. The lowest BCUT2D eigenvalue weighted by Crippen LogP contribution is -2.45. The molecular formula is C36H54N4O4. The molecule has 0 saturated heterocycles. The van der Waals surface area contributed by atoms with Crippen molar-refractivity contribution in [1.29, 1.82) is 0 Å². The third-order valence-electron chi connectivity index (χ3n) is 7.87. The smallest absolute Gasteiger partial charge is 0.315 e. The first-order valence-corrected chi connectivity index (χ1v) is 16.5. The van der Waals surface area contributed by atoms with E-state index in [1.807, 2.05) is 81.4 Å². The number of urea groups is 1. The van der Waals surface area contributed by atoms with Crippen LogP contribution in [0.4, 0.5) is 4.79 Å². The monoisotopic (exact) mass is 606 g/mol. The average molecular weight is 607 g/mol. The molecule has 8 heteroatoms. The molecule has 2 aromatic rings. The van der Waals surface area contributed by atoms with Crippen LogP contribution in [-0.4, -0.2) is 48.3 Å². The molecule has 242 valence electrons. The molecule has 2 rings (SSSR count). The van der Waals surface area contributed by atoms with Crippen LogP contribution in [0.5, 0.6) is 0 Å². The minimum absolute atomic E-state index is 0.0563. The van der Waals surface area contributed by atoms with Crippen LogP contribution in [-0.2, 0) is 27.2 Å². The van der Waals surface area contributed by atoms with Gasteiger partial charge in [0.05, 0.1) is 6.04 Å². The standard InChI is InChI=1S/C36H54N4O4/c1-5-16-27(3)38-36(44)39-28(4)17-13-14-24-37-34(42)23-15-22-33(41)32(26-30-20-11-8-12-21-30)40-35(43)31(6-2)25-29-18-9-7-10-19-29/h7-12,18-21,27-28,31-32H,5-6,13-17,22-26H2,1-4H3,(H,37,42)(H,40,43)(H2,38,39,44). The second kappa shape index (κ2) is 21.1. The number of nitrogens with one attached hydrogen (secondary N) is 4. The zero-order valence-electron chi connectivity index (χ0n) is 27.2. The summed E-state index contributed by atoms with van der Waals surface area (Å²) >= 11 is 0. The van der Waals surface area contributed by atoms with Crippen LogP contribution in [0.15, 0.2) is 60.7 Å². The van der Waals surface area contributed by atoms with Crippen LogP contribution >= 0.6 is 0 Å². The Bertz CT molecular complexity index is 1130. The maximum absolute atomic E-state index is 13.3. The number of ketones is 1. The highest BCUT2D eigenvalue weighted by Crippen LogP contribution is 2.15. The molecule has 0 aliphatic heterocycles. The normalized spacial score (nSPS) is 13.6. The van der Waals surface area contributed by atoms with E-state index >= 15 is 0 Å². The topological polar surface area (TPSA) is 116 Å². The van der Waals surface area contributed by atoms with Crippen molar-refractivity contribution in [3.63, 3.8) is 0 Å². The second-order valence-electron chi connectivity index (χ2n) is 11.9. The fraction of sp³-hybridized carbons (Fsp3) is 0.556. The van der Waals surface area contributed by atoms with E-state index in [9.17, 15) is 19.2 Å². The number of amides is 4. The van der Waals surface area contributed by atoms with Crippen molar-refractivity contribution in [2.24, 2.45) is 5.92 Å². The van der Waals surface area contributed by atoms with Gasteiger partial charge in [-0.25, -0.2) is 4.79 Å². The summed E-state index contributed by atoms with van der Waals surface area (Å²) in [6.07, 6.45) is 7.15. The van der Waals surface area contributed by atoms with E-state index in [1.54, 1.807) is 0 Å². The van der Waals surface area contributed by atoms with E-state index in [4.69, 9.17) is 0 Å². The first-order valence-electron chi connectivity index (χ1n) is 16.5. The van der Waals surface area contributed by atoms with E-state index in [0.717, 1.165) is 43.2 Å². The minimum Gasteiger partial charge on any atom is -0.356 e. The molecule has 4 unspecified atom stereocenters. The Balaban J connectivity index is 1.75. The quantitative estimate of drug-likeness (QED) is 0.133. The number of Topliss-reactive ketones (excluding diaryl/α,β-unsaturated/α-hetero) is 1. The highest BCUT2D eigenvalue weighted by molar-refractivity contribution is 5.90. The van der Waals surface area contributed by atoms with Gasteiger partial charge in [-0.3, -0.25) is 14.4 Å². The molecule has 2 aromatic carbocycles. The van der Waals surface area contributed by atoms with E-state index in [1.165, 1.54) is 0 Å².